The molecule has 5 heteroatoms. The number of aryl methyl sites for hydroxylation is 1. The maximum atomic E-state index is 11.0. The second-order valence-electron chi connectivity index (χ2n) is 4.70. The Morgan fingerprint density at radius 1 is 1.65 bits per heavy atom. The van der Waals surface area contributed by atoms with Gasteiger partial charge in [-0.25, -0.2) is 4.98 Å². The SMILES string of the molecule is CCc1nc(CN2CC(C)C(C(=O)O)C2)cs1. The molecule has 2 heterocycles. The number of aliphatic carboxylic acids is 1. The van der Waals surface area contributed by atoms with Crippen LogP contribution in [-0.2, 0) is 17.8 Å². The van der Waals surface area contributed by atoms with Crippen LogP contribution in [0.5, 0.6) is 0 Å². The van der Waals surface area contributed by atoms with Gasteiger partial charge in [0.25, 0.3) is 0 Å². The van der Waals surface area contributed by atoms with Crippen LogP contribution >= 0.6 is 11.3 Å². The first kappa shape index (κ1) is 12.5. The summed E-state index contributed by atoms with van der Waals surface area (Å²) in [6.07, 6.45) is 0.971. The highest BCUT2D eigenvalue weighted by molar-refractivity contribution is 7.09. The van der Waals surface area contributed by atoms with Crippen molar-refractivity contribution in [3.63, 3.8) is 0 Å². The standard InChI is InChI=1S/C12H18N2O2S/c1-3-11-13-9(7-17-11)5-14-4-8(2)10(6-14)12(15)16/h7-8,10H,3-6H2,1-2H3,(H,15,16). The molecule has 1 N–H and O–H groups in total. The summed E-state index contributed by atoms with van der Waals surface area (Å²) in [6.45, 7) is 6.40. The lowest BCUT2D eigenvalue weighted by Gasteiger charge is -2.12. The van der Waals surface area contributed by atoms with Crippen LogP contribution in [-0.4, -0.2) is 34.0 Å². The minimum absolute atomic E-state index is 0.223. The van der Waals surface area contributed by atoms with Gasteiger partial charge in [0.05, 0.1) is 16.6 Å². The molecule has 1 saturated heterocycles. The molecule has 0 amide bonds. The molecule has 0 bridgehead atoms. The van der Waals surface area contributed by atoms with Crippen molar-refractivity contribution >= 4 is 17.3 Å². The zero-order valence-corrected chi connectivity index (χ0v) is 11.0. The Hall–Kier alpha value is -0.940. The summed E-state index contributed by atoms with van der Waals surface area (Å²) >= 11 is 1.69. The largest absolute Gasteiger partial charge is 0.481 e. The van der Waals surface area contributed by atoms with Crippen molar-refractivity contribution in [1.29, 1.82) is 0 Å². The van der Waals surface area contributed by atoms with E-state index in [1.807, 2.05) is 6.92 Å². The summed E-state index contributed by atoms with van der Waals surface area (Å²) in [4.78, 5) is 17.7. The number of hydrogen-bond donors (Lipinski definition) is 1. The normalized spacial score (nSPS) is 25.3. The number of rotatable bonds is 4. The lowest BCUT2D eigenvalue weighted by Crippen LogP contribution is -2.23. The third-order valence-electron chi connectivity index (χ3n) is 3.29. The first-order valence-electron chi connectivity index (χ1n) is 5.98. The summed E-state index contributed by atoms with van der Waals surface area (Å²) in [7, 11) is 0. The number of carboxylic acid groups (broad SMARTS) is 1. The predicted molar refractivity (Wildman–Crippen MR) is 67.1 cm³/mol. The average Bonchev–Trinajstić information content (AvgIpc) is 2.85. The van der Waals surface area contributed by atoms with Gasteiger partial charge in [-0.2, -0.15) is 0 Å². The van der Waals surface area contributed by atoms with E-state index in [2.05, 4.69) is 22.2 Å². The molecule has 1 aliphatic rings. The Balaban J connectivity index is 1.95. The van der Waals surface area contributed by atoms with Gasteiger partial charge in [0, 0.05) is 25.0 Å². The predicted octanol–water partition coefficient (Wildman–Crippen LogP) is 1.86. The Morgan fingerprint density at radius 3 is 2.94 bits per heavy atom. The third-order valence-corrected chi connectivity index (χ3v) is 4.33. The van der Waals surface area contributed by atoms with E-state index >= 15 is 0 Å². The van der Waals surface area contributed by atoms with Crippen LogP contribution in [0.1, 0.15) is 24.5 Å². The number of hydrogen-bond acceptors (Lipinski definition) is 4. The number of thiazole rings is 1. The smallest absolute Gasteiger partial charge is 0.308 e. The van der Waals surface area contributed by atoms with Gasteiger partial charge in [-0.1, -0.05) is 13.8 Å². The van der Waals surface area contributed by atoms with Gasteiger partial charge < -0.3 is 5.11 Å². The quantitative estimate of drug-likeness (QED) is 0.891. The van der Waals surface area contributed by atoms with E-state index in [0.717, 1.165) is 30.2 Å². The van der Waals surface area contributed by atoms with E-state index in [-0.39, 0.29) is 11.8 Å². The maximum absolute atomic E-state index is 11.0. The van der Waals surface area contributed by atoms with Gasteiger partial charge in [-0.05, 0) is 12.3 Å². The van der Waals surface area contributed by atoms with Gasteiger partial charge in [-0.3, -0.25) is 9.69 Å². The van der Waals surface area contributed by atoms with E-state index in [1.165, 1.54) is 0 Å². The highest BCUT2D eigenvalue weighted by Gasteiger charge is 2.34. The van der Waals surface area contributed by atoms with Crippen molar-refractivity contribution in [2.75, 3.05) is 13.1 Å². The molecule has 2 rings (SSSR count). The fraction of sp³-hybridized carbons (Fsp3) is 0.667. The molecule has 0 aliphatic carbocycles. The summed E-state index contributed by atoms with van der Waals surface area (Å²) in [5.74, 6) is -0.663. The molecule has 2 unspecified atom stereocenters. The number of likely N-dealkylation sites (tertiary alicyclic amines) is 1. The van der Waals surface area contributed by atoms with Gasteiger partial charge in [0.1, 0.15) is 0 Å². The molecule has 2 atom stereocenters. The summed E-state index contributed by atoms with van der Waals surface area (Å²) in [5, 5.41) is 12.3. The van der Waals surface area contributed by atoms with Crippen molar-refractivity contribution in [2.45, 2.75) is 26.8 Å². The van der Waals surface area contributed by atoms with Crippen LogP contribution in [0.4, 0.5) is 0 Å². The third kappa shape index (κ3) is 2.84. The maximum Gasteiger partial charge on any atom is 0.308 e. The highest BCUT2D eigenvalue weighted by atomic mass is 32.1. The zero-order valence-electron chi connectivity index (χ0n) is 10.2. The first-order valence-corrected chi connectivity index (χ1v) is 6.86. The average molecular weight is 254 g/mol. The fourth-order valence-electron chi connectivity index (χ4n) is 2.33. The lowest BCUT2D eigenvalue weighted by molar-refractivity contribution is -0.142. The molecular formula is C12H18N2O2S. The van der Waals surface area contributed by atoms with Crippen molar-refractivity contribution in [3.8, 4) is 0 Å². The topological polar surface area (TPSA) is 53.4 Å². The van der Waals surface area contributed by atoms with Gasteiger partial charge in [-0.15, -0.1) is 11.3 Å². The second-order valence-corrected chi connectivity index (χ2v) is 5.64. The summed E-state index contributed by atoms with van der Waals surface area (Å²) < 4.78 is 0. The molecule has 1 aliphatic heterocycles. The van der Waals surface area contributed by atoms with Crippen LogP contribution < -0.4 is 0 Å². The van der Waals surface area contributed by atoms with Crippen molar-refractivity contribution < 1.29 is 9.90 Å². The van der Waals surface area contributed by atoms with E-state index in [0.29, 0.717) is 6.54 Å². The molecule has 0 spiro atoms. The first-order chi connectivity index (χ1) is 8.10. The molecule has 4 nitrogen and oxygen atoms in total. The van der Waals surface area contributed by atoms with Crippen LogP contribution in [0.25, 0.3) is 0 Å². The second kappa shape index (κ2) is 5.14. The molecule has 94 valence electrons. The van der Waals surface area contributed by atoms with Crippen LogP contribution in [0, 0.1) is 11.8 Å². The number of carbonyl (C=O) groups is 1. The summed E-state index contributed by atoms with van der Waals surface area (Å²) in [5.41, 5.74) is 1.07. The molecule has 0 saturated carbocycles. The Bertz CT molecular complexity index is 405. The molecule has 1 fully saturated rings. The monoisotopic (exact) mass is 254 g/mol. The number of aromatic nitrogens is 1. The Morgan fingerprint density at radius 2 is 2.41 bits per heavy atom. The zero-order chi connectivity index (χ0) is 12.4. The molecule has 0 aromatic carbocycles. The minimum Gasteiger partial charge on any atom is -0.481 e. The number of nitrogens with zero attached hydrogens (tertiary/aromatic N) is 2. The van der Waals surface area contributed by atoms with E-state index in [1.54, 1.807) is 11.3 Å². The Labute approximate surface area is 105 Å². The van der Waals surface area contributed by atoms with Crippen LogP contribution in [0.2, 0.25) is 0 Å². The van der Waals surface area contributed by atoms with Gasteiger partial charge in [0.2, 0.25) is 0 Å². The van der Waals surface area contributed by atoms with E-state index in [9.17, 15) is 4.79 Å². The van der Waals surface area contributed by atoms with E-state index in [4.69, 9.17) is 5.11 Å². The van der Waals surface area contributed by atoms with Gasteiger partial charge in [0.15, 0.2) is 0 Å². The molecular weight excluding hydrogens is 236 g/mol. The highest BCUT2D eigenvalue weighted by Crippen LogP contribution is 2.25. The van der Waals surface area contributed by atoms with Crippen molar-refractivity contribution in [3.05, 3.63) is 16.1 Å². The molecule has 17 heavy (non-hydrogen) atoms. The van der Waals surface area contributed by atoms with Gasteiger partial charge >= 0.3 is 5.97 Å². The van der Waals surface area contributed by atoms with Crippen LogP contribution in [0.3, 0.4) is 0 Å². The molecule has 1 aromatic heterocycles. The molecule has 1 aromatic rings. The van der Waals surface area contributed by atoms with Crippen LogP contribution in [0.15, 0.2) is 5.38 Å². The minimum atomic E-state index is -0.674. The summed E-state index contributed by atoms with van der Waals surface area (Å²) in [6, 6.07) is 0. The van der Waals surface area contributed by atoms with E-state index < -0.39 is 5.97 Å². The van der Waals surface area contributed by atoms with Crippen molar-refractivity contribution in [2.24, 2.45) is 11.8 Å². The van der Waals surface area contributed by atoms with Crippen molar-refractivity contribution in [1.82, 2.24) is 9.88 Å². The number of carboxylic acids is 1. The Kier molecular flexibility index (Phi) is 3.79. The lowest BCUT2D eigenvalue weighted by atomic mass is 9.99. The molecule has 0 radical (unpaired) electrons. The fourth-order valence-corrected chi connectivity index (χ4v) is 3.07.